The minimum Gasteiger partial charge on any atom is -0.393 e. The molecule has 0 bridgehead atoms. The molecule has 2 rings (SSSR count). The summed E-state index contributed by atoms with van der Waals surface area (Å²) in [5.74, 6) is 0.835. The molecule has 0 radical (unpaired) electrons. The molecular weight excluding hydrogens is 272 g/mol. The topological polar surface area (TPSA) is 93.2 Å². The van der Waals surface area contributed by atoms with Crippen molar-refractivity contribution >= 4 is 11.5 Å². The highest BCUT2D eigenvalue weighted by Gasteiger charge is 2.27. The van der Waals surface area contributed by atoms with Gasteiger partial charge in [0.1, 0.15) is 5.69 Å². The zero-order chi connectivity index (χ0) is 15.4. The fourth-order valence-electron chi connectivity index (χ4n) is 3.05. The Hall–Kier alpha value is -1.63. The second kappa shape index (κ2) is 6.89. The third-order valence-electron chi connectivity index (χ3n) is 4.07. The molecule has 1 aromatic rings. The fourth-order valence-corrected chi connectivity index (χ4v) is 3.05. The van der Waals surface area contributed by atoms with E-state index in [0.29, 0.717) is 30.4 Å². The number of nitrogens with one attached hydrogen (secondary N) is 1. The highest BCUT2D eigenvalue weighted by atomic mass is 16.6. The number of aryl methyl sites for hydroxylation is 2. The normalized spacial score (nSPS) is 22.2. The van der Waals surface area contributed by atoms with Crippen LogP contribution in [-0.4, -0.2) is 32.5 Å². The van der Waals surface area contributed by atoms with E-state index in [2.05, 4.69) is 10.4 Å². The summed E-state index contributed by atoms with van der Waals surface area (Å²) < 4.78 is 1.56. The molecule has 1 saturated carbocycles. The summed E-state index contributed by atoms with van der Waals surface area (Å²) in [6.07, 6.45) is 4.89. The lowest BCUT2D eigenvalue weighted by Gasteiger charge is -2.26. The Kier molecular flexibility index (Phi) is 5.17. The Morgan fingerprint density at radius 1 is 1.52 bits per heavy atom. The molecule has 0 amide bonds. The Morgan fingerprint density at radius 3 is 2.90 bits per heavy atom. The molecule has 118 valence electrons. The van der Waals surface area contributed by atoms with Gasteiger partial charge in [-0.25, -0.2) is 4.68 Å². The molecule has 1 fully saturated rings. The summed E-state index contributed by atoms with van der Waals surface area (Å²) >= 11 is 0. The first kappa shape index (κ1) is 15.8. The first-order valence-electron chi connectivity index (χ1n) is 7.65. The van der Waals surface area contributed by atoms with E-state index < -0.39 is 0 Å². The maximum Gasteiger partial charge on any atom is 0.333 e. The largest absolute Gasteiger partial charge is 0.393 e. The monoisotopic (exact) mass is 296 g/mol. The zero-order valence-corrected chi connectivity index (χ0v) is 12.7. The molecule has 7 nitrogen and oxygen atoms in total. The van der Waals surface area contributed by atoms with Crippen molar-refractivity contribution in [1.29, 1.82) is 0 Å². The summed E-state index contributed by atoms with van der Waals surface area (Å²) in [5, 5.41) is 28.4. The van der Waals surface area contributed by atoms with Gasteiger partial charge >= 0.3 is 5.69 Å². The Balaban J connectivity index is 2.09. The van der Waals surface area contributed by atoms with Gasteiger partial charge in [0.05, 0.1) is 11.0 Å². The zero-order valence-electron chi connectivity index (χ0n) is 12.7. The average molecular weight is 296 g/mol. The summed E-state index contributed by atoms with van der Waals surface area (Å²) in [4.78, 5) is 11.0. The number of hydrogen-bond donors (Lipinski definition) is 2. The van der Waals surface area contributed by atoms with Crippen LogP contribution in [0.2, 0.25) is 0 Å². The molecule has 0 aliphatic heterocycles. The van der Waals surface area contributed by atoms with Crippen molar-refractivity contribution in [3.8, 4) is 0 Å². The van der Waals surface area contributed by atoms with Gasteiger partial charge in [-0.15, -0.1) is 0 Å². The molecule has 21 heavy (non-hydrogen) atoms. The Bertz CT molecular complexity index is 501. The molecule has 1 aliphatic rings. The maximum absolute atomic E-state index is 11.3. The van der Waals surface area contributed by atoms with Crippen LogP contribution >= 0.6 is 0 Å². The number of aliphatic hydroxyl groups excluding tert-OH is 1. The van der Waals surface area contributed by atoms with Gasteiger partial charge in [-0.1, -0.05) is 19.8 Å². The molecule has 2 N–H and O–H groups in total. The van der Waals surface area contributed by atoms with E-state index >= 15 is 0 Å². The first-order chi connectivity index (χ1) is 10.0. The smallest absolute Gasteiger partial charge is 0.333 e. The number of nitrogens with zero attached hydrogens (tertiary/aromatic N) is 3. The van der Waals surface area contributed by atoms with Gasteiger partial charge in [-0.05, 0) is 31.6 Å². The Morgan fingerprint density at radius 2 is 2.29 bits per heavy atom. The van der Waals surface area contributed by atoms with E-state index in [1.807, 2.05) is 6.92 Å². The number of nitro groups is 1. The molecule has 1 aliphatic carbocycles. The van der Waals surface area contributed by atoms with E-state index in [4.69, 9.17) is 0 Å². The van der Waals surface area contributed by atoms with E-state index in [0.717, 1.165) is 32.1 Å². The first-order valence-corrected chi connectivity index (χ1v) is 7.65. The second-order valence-corrected chi connectivity index (χ2v) is 5.84. The van der Waals surface area contributed by atoms with Crippen molar-refractivity contribution < 1.29 is 10.0 Å². The van der Waals surface area contributed by atoms with E-state index in [-0.39, 0.29) is 16.7 Å². The molecule has 7 heteroatoms. The van der Waals surface area contributed by atoms with Crippen LogP contribution in [0, 0.1) is 16.0 Å². The summed E-state index contributed by atoms with van der Waals surface area (Å²) in [6.45, 7) is 2.62. The van der Waals surface area contributed by atoms with Crippen LogP contribution in [0.4, 0.5) is 11.5 Å². The molecule has 0 spiro atoms. The van der Waals surface area contributed by atoms with Crippen LogP contribution < -0.4 is 5.32 Å². The van der Waals surface area contributed by atoms with Gasteiger partial charge in [0, 0.05) is 13.6 Å². The van der Waals surface area contributed by atoms with Crippen LogP contribution in [0.1, 0.15) is 44.7 Å². The fraction of sp³-hybridized carbons (Fsp3) is 0.786. The van der Waals surface area contributed by atoms with E-state index in [1.54, 1.807) is 11.7 Å². The van der Waals surface area contributed by atoms with Crippen molar-refractivity contribution in [3.63, 3.8) is 0 Å². The van der Waals surface area contributed by atoms with Gasteiger partial charge in [0.15, 0.2) is 0 Å². The van der Waals surface area contributed by atoms with Crippen LogP contribution in [-0.2, 0) is 13.5 Å². The number of hydrogen-bond acceptors (Lipinski definition) is 5. The van der Waals surface area contributed by atoms with Crippen molar-refractivity contribution in [1.82, 2.24) is 9.78 Å². The number of aromatic nitrogens is 2. The lowest BCUT2D eigenvalue weighted by atomic mass is 9.87. The minimum absolute atomic E-state index is 0.0932. The minimum atomic E-state index is -0.351. The van der Waals surface area contributed by atoms with Gasteiger partial charge in [-0.2, -0.15) is 5.10 Å². The van der Waals surface area contributed by atoms with Crippen LogP contribution in [0.5, 0.6) is 0 Å². The van der Waals surface area contributed by atoms with E-state index in [9.17, 15) is 15.2 Å². The molecule has 1 aromatic heterocycles. The molecule has 2 unspecified atom stereocenters. The Labute approximate surface area is 124 Å². The molecule has 2 atom stereocenters. The van der Waals surface area contributed by atoms with E-state index in [1.165, 1.54) is 0 Å². The van der Waals surface area contributed by atoms with Crippen molar-refractivity contribution in [2.45, 2.75) is 51.6 Å². The lowest BCUT2D eigenvalue weighted by molar-refractivity contribution is -0.384. The van der Waals surface area contributed by atoms with Gasteiger partial charge in [0.2, 0.25) is 5.82 Å². The average Bonchev–Trinajstić information content (AvgIpc) is 2.73. The molecule has 0 saturated heterocycles. The summed E-state index contributed by atoms with van der Waals surface area (Å²) in [5.41, 5.74) is 0.631. The predicted octanol–water partition coefficient (Wildman–Crippen LogP) is 2.24. The number of aliphatic hydroxyl groups is 1. The third kappa shape index (κ3) is 3.72. The predicted molar refractivity (Wildman–Crippen MR) is 80.3 cm³/mol. The van der Waals surface area contributed by atoms with Crippen molar-refractivity contribution in [2.75, 3.05) is 11.9 Å². The highest BCUT2D eigenvalue weighted by molar-refractivity contribution is 5.59. The number of rotatable bonds is 6. The maximum atomic E-state index is 11.3. The van der Waals surface area contributed by atoms with Crippen LogP contribution in [0.15, 0.2) is 0 Å². The molecule has 0 aromatic carbocycles. The SMILES string of the molecule is CCCc1nn(C)c(NCC2CCCC(O)C2)c1[N+](=O)[O-]. The standard InChI is InChI=1S/C14H24N4O3/c1-3-5-12-13(18(20)21)14(17(2)16-12)15-9-10-6-4-7-11(19)8-10/h10-11,15,19H,3-9H2,1-2H3. The molecule has 1 heterocycles. The van der Waals surface area contributed by atoms with Gasteiger partial charge < -0.3 is 10.4 Å². The molecular formula is C14H24N4O3. The van der Waals surface area contributed by atoms with Gasteiger partial charge in [-0.3, -0.25) is 10.1 Å². The number of anilines is 1. The lowest BCUT2D eigenvalue weighted by Crippen LogP contribution is -2.25. The van der Waals surface area contributed by atoms with Crippen LogP contribution in [0.25, 0.3) is 0 Å². The summed E-state index contributed by atoms with van der Waals surface area (Å²) in [7, 11) is 1.73. The summed E-state index contributed by atoms with van der Waals surface area (Å²) in [6, 6.07) is 0. The third-order valence-corrected chi connectivity index (χ3v) is 4.07. The second-order valence-electron chi connectivity index (χ2n) is 5.84. The van der Waals surface area contributed by atoms with Crippen LogP contribution in [0.3, 0.4) is 0 Å². The quantitative estimate of drug-likeness (QED) is 0.620. The highest BCUT2D eigenvalue weighted by Crippen LogP contribution is 2.30. The van der Waals surface area contributed by atoms with Crippen molar-refractivity contribution in [2.24, 2.45) is 13.0 Å². The van der Waals surface area contributed by atoms with Crippen molar-refractivity contribution in [3.05, 3.63) is 15.8 Å². The van der Waals surface area contributed by atoms with Gasteiger partial charge in [0.25, 0.3) is 0 Å².